The molecule has 4 atom stereocenters. The number of aliphatic imine (C=N–C) groups is 1. The first-order chi connectivity index (χ1) is 20.0. The molecule has 7 rings (SSSR count). The van der Waals surface area contributed by atoms with Gasteiger partial charge in [0.2, 0.25) is 5.12 Å². The molecule has 3 aliphatic rings. The zero-order valence-electron chi connectivity index (χ0n) is 21.4. The Morgan fingerprint density at radius 3 is 2.41 bits per heavy atom. The lowest BCUT2D eigenvalue weighted by Gasteiger charge is -2.30. The van der Waals surface area contributed by atoms with E-state index in [1.165, 1.54) is 17.3 Å². The second-order valence-corrected chi connectivity index (χ2v) is 14.7. The number of carbonyl (C=O) groups excluding carboxylic acids is 2. The lowest BCUT2D eigenvalue weighted by atomic mass is 9.77. The minimum atomic E-state index is -1.16. The molecule has 0 amide bonds. The molecule has 1 fully saturated rings. The number of carbonyl (C=O) groups is 2. The fraction of sp³-hybridized carbons (Fsp3) is 0.156. The van der Waals surface area contributed by atoms with Crippen LogP contribution in [0.15, 0.2) is 117 Å². The predicted molar refractivity (Wildman–Crippen MR) is 176 cm³/mol. The first kappa shape index (κ1) is 27.3. The van der Waals surface area contributed by atoms with Crippen molar-refractivity contribution in [3.8, 4) is 0 Å². The molecule has 3 heterocycles. The van der Waals surface area contributed by atoms with Crippen molar-refractivity contribution in [2.75, 3.05) is 4.90 Å². The van der Waals surface area contributed by atoms with Crippen molar-refractivity contribution in [1.82, 2.24) is 0 Å². The number of hydrogen-bond donors (Lipinski definition) is 0. The largest absolute Gasteiger partial charge is 0.344 e. The van der Waals surface area contributed by atoms with E-state index in [0.717, 1.165) is 25.0 Å². The molecule has 9 heteroatoms. The van der Waals surface area contributed by atoms with Gasteiger partial charge in [-0.05, 0) is 59.3 Å². The number of para-hydroxylation sites is 1. The van der Waals surface area contributed by atoms with Gasteiger partial charge in [-0.25, -0.2) is 0 Å². The highest BCUT2D eigenvalue weighted by molar-refractivity contribution is 9.10. The highest BCUT2D eigenvalue weighted by Crippen LogP contribution is 2.63. The number of halogens is 2. The average molecular weight is 678 g/mol. The maximum Gasteiger partial charge on any atom is 0.227 e. The van der Waals surface area contributed by atoms with E-state index < -0.39 is 17.5 Å². The van der Waals surface area contributed by atoms with Gasteiger partial charge in [-0.2, -0.15) is 0 Å². The number of ketones is 1. The Bertz CT molecular complexity index is 1680. The first-order valence-corrected chi connectivity index (χ1v) is 16.9. The maximum atomic E-state index is 14.5. The molecule has 1 saturated heterocycles. The van der Waals surface area contributed by atoms with Gasteiger partial charge in [0.25, 0.3) is 0 Å². The molecule has 4 aromatic carbocycles. The summed E-state index contributed by atoms with van der Waals surface area (Å²) >= 11 is 14.2. The smallest absolute Gasteiger partial charge is 0.227 e. The number of thioether (sulfide) groups is 3. The van der Waals surface area contributed by atoms with Gasteiger partial charge in [-0.15, -0.1) is 0 Å². The molecule has 0 saturated carbocycles. The number of Topliss-reactive ketones (excluding diaryl/α,β-unsaturated/α-hetero) is 1. The van der Waals surface area contributed by atoms with Gasteiger partial charge >= 0.3 is 0 Å². The van der Waals surface area contributed by atoms with Gasteiger partial charge in [0.1, 0.15) is 15.8 Å². The molecule has 0 N–H and O–H groups in total. The van der Waals surface area contributed by atoms with E-state index in [1.807, 2.05) is 84.9 Å². The Morgan fingerprint density at radius 1 is 0.951 bits per heavy atom. The molecule has 3 aliphatic heterocycles. The number of hydrogen-bond acceptors (Lipinski definition) is 7. The highest BCUT2D eigenvalue weighted by Gasteiger charge is 2.70. The van der Waals surface area contributed by atoms with Crippen molar-refractivity contribution in [3.63, 3.8) is 0 Å². The van der Waals surface area contributed by atoms with Crippen LogP contribution in [0, 0.1) is 0 Å². The maximum absolute atomic E-state index is 14.5. The lowest BCUT2D eigenvalue weighted by molar-refractivity contribution is -0.115. The van der Waals surface area contributed by atoms with E-state index in [9.17, 15) is 9.59 Å². The lowest BCUT2D eigenvalue weighted by Crippen LogP contribution is -2.45. The Kier molecular flexibility index (Phi) is 7.32. The van der Waals surface area contributed by atoms with E-state index in [4.69, 9.17) is 16.6 Å². The van der Waals surface area contributed by atoms with Crippen LogP contribution < -0.4 is 4.90 Å². The fourth-order valence-electron chi connectivity index (χ4n) is 5.91. The summed E-state index contributed by atoms with van der Waals surface area (Å²) < 4.78 is 1.64. The minimum absolute atomic E-state index is 0.0191. The van der Waals surface area contributed by atoms with Crippen LogP contribution in [0.25, 0.3) is 0 Å². The van der Waals surface area contributed by atoms with E-state index >= 15 is 0 Å². The van der Waals surface area contributed by atoms with Crippen molar-refractivity contribution in [2.24, 2.45) is 4.99 Å². The van der Waals surface area contributed by atoms with E-state index in [2.05, 4.69) is 39.0 Å². The molecule has 204 valence electrons. The average Bonchev–Trinajstić information content (AvgIpc) is 3.62. The number of anilines is 1. The molecule has 41 heavy (non-hydrogen) atoms. The Balaban J connectivity index is 1.39. The van der Waals surface area contributed by atoms with Crippen LogP contribution in [0.4, 0.5) is 5.69 Å². The number of rotatable bonds is 5. The van der Waals surface area contributed by atoms with Gasteiger partial charge in [-0.1, -0.05) is 118 Å². The van der Waals surface area contributed by atoms with Gasteiger partial charge in [0, 0.05) is 31.6 Å². The molecule has 0 radical (unpaired) electrons. The van der Waals surface area contributed by atoms with Gasteiger partial charge in [0.05, 0.1) is 5.69 Å². The SMILES string of the molecule is O=C(c1ccc(Br)cc1)[C@@H]1[C@@H](c2ccc(Cl)cc2)[C@@]2(N=C(SCc3ccccc3)SC2=O)[C@H]2Sc3ccccc3N12. The van der Waals surface area contributed by atoms with Crippen molar-refractivity contribution in [1.29, 1.82) is 0 Å². The summed E-state index contributed by atoms with van der Waals surface area (Å²) in [5.41, 5.74) is 2.46. The monoisotopic (exact) mass is 676 g/mol. The van der Waals surface area contributed by atoms with Crippen LogP contribution in [0.1, 0.15) is 27.4 Å². The third-order valence-electron chi connectivity index (χ3n) is 7.72. The summed E-state index contributed by atoms with van der Waals surface area (Å²) in [7, 11) is 0. The zero-order valence-corrected chi connectivity index (χ0v) is 26.2. The second-order valence-electron chi connectivity index (χ2n) is 10.1. The summed E-state index contributed by atoms with van der Waals surface area (Å²) in [6, 6.07) is 32.6. The third kappa shape index (κ3) is 4.68. The van der Waals surface area contributed by atoms with Crippen molar-refractivity contribution in [2.45, 2.75) is 33.5 Å². The molecular weight excluding hydrogens is 656 g/mol. The number of benzene rings is 4. The van der Waals surface area contributed by atoms with Crippen molar-refractivity contribution < 1.29 is 9.59 Å². The third-order valence-corrected chi connectivity index (χ3v) is 12.1. The Morgan fingerprint density at radius 2 is 1.66 bits per heavy atom. The summed E-state index contributed by atoms with van der Waals surface area (Å²) in [6.07, 6.45) is 0. The quantitative estimate of drug-likeness (QED) is 0.197. The zero-order chi connectivity index (χ0) is 28.1. The van der Waals surface area contributed by atoms with Crippen molar-refractivity contribution in [3.05, 3.63) is 129 Å². The molecule has 0 bridgehead atoms. The fourth-order valence-corrected chi connectivity index (χ4v) is 10.1. The minimum Gasteiger partial charge on any atom is -0.344 e. The van der Waals surface area contributed by atoms with Crippen LogP contribution in [-0.2, 0) is 10.5 Å². The van der Waals surface area contributed by atoms with Crippen molar-refractivity contribution >= 4 is 83.8 Å². The molecule has 1 spiro atoms. The molecular formula is C32H22BrClN2O2S3. The molecule has 0 unspecified atom stereocenters. The molecule has 4 nitrogen and oxygen atoms in total. The van der Waals surface area contributed by atoms with Crippen LogP contribution in [-0.4, -0.2) is 32.2 Å². The standard InChI is InChI=1S/C32H22BrClN2O2S3/c33-22-14-10-21(11-15-22)28(37)27-26(20-12-16-23(34)17-13-20)32(29-36(27)24-8-4-5-9-25(24)40-29)30(38)41-31(35-32)39-18-19-6-2-1-3-7-19/h1-17,26-27,29H,18H2/t26-,27+,29-,32-/m1/s1. The Labute approximate surface area is 264 Å². The number of fused-ring (bicyclic) bond motifs is 4. The van der Waals surface area contributed by atoms with Gasteiger partial charge in [0.15, 0.2) is 11.3 Å². The summed E-state index contributed by atoms with van der Waals surface area (Å²) in [5.74, 6) is 0.177. The van der Waals surface area contributed by atoms with E-state index in [0.29, 0.717) is 16.3 Å². The van der Waals surface area contributed by atoms with E-state index in [-0.39, 0.29) is 16.3 Å². The Hall–Kier alpha value is -2.49. The predicted octanol–water partition coefficient (Wildman–Crippen LogP) is 8.69. The van der Waals surface area contributed by atoms with E-state index in [1.54, 1.807) is 23.5 Å². The van der Waals surface area contributed by atoms with Crippen LogP contribution in [0.3, 0.4) is 0 Å². The normalized spacial score (nSPS) is 24.4. The molecule has 4 aromatic rings. The summed E-state index contributed by atoms with van der Waals surface area (Å²) in [6.45, 7) is 0. The topological polar surface area (TPSA) is 49.7 Å². The number of nitrogens with zero attached hydrogens (tertiary/aromatic N) is 2. The molecule has 0 aromatic heterocycles. The van der Waals surface area contributed by atoms with Crippen LogP contribution >= 0.6 is 62.8 Å². The van der Waals surface area contributed by atoms with Crippen LogP contribution in [0.5, 0.6) is 0 Å². The second kappa shape index (κ2) is 11.0. The molecule has 0 aliphatic carbocycles. The van der Waals surface area contributed by atoms with Gasteiger partial charge in [-0.3, -0.25) is 14.6 Å². The van der Waals surface area contributed by atoms with Crippen LogP contribution in [0.2, 0.25) is 5.02 Å². The van der Waals surface area contributed by atoms with Gasteiger partial charge < -0.3 is 4.90 Å². The summed E-state index contributed by atoms with van der Waals surface area (Å²) in [5, 5.41) is 0.223. The highest BCUT2D eigenvalue weighted by atomic mass is 79.9. The first-order valence-electron chi connectivity index (χ1n) is 13.0. The summed E-state index contributed by atoms with van der Waals surface area (Å²) in [4.78, 5) is 37.4.